The van der Waals surface area contributed by atoms with Crippen molar-refractivity contribution in [2.45, 2.75) is 0 Å². The van der Waals surface area contributed by atoms with Gasteiger partial charge in [0.1, 0.15) is 5.82 Å². The number of carbonyl (C=O) groups excluding carboxylic acids is 2. The first-order valence-electron chi connectivity index (χ1n) is 9.48. The fourth-order valence-electron chi connectivity index (χ4n) is 3.10. The largest absolute Gasteiger partial charge is 0.452 e. The molecule has 1 aromatic heterocycles. The predicted molar refractivity (Wildman–Crippen MR) is 123 cm³/mol. The second-order valence-corrected chi connectivity index (χ2v) is 7.67. The molecule has 160 valence electrons. The Bertz CT molecular complexity index is 1330. The molecule has 32 heavy (non-hydrogen) atoms. The molecule has 0 unspecified atom stereocenters. The smallest absolute Gasteiger partial charge is 0.339 e. The van der Waals surface area contributed by atoms with Gasteiger partial charge in [-0.2, -0.15) is 0 Å². The van der Waals surface area contributed by atoms with Gasteiger partial charge in [-0.3, -0.25) is 4.79 Å². The van der Waals surface area contributed by atoms with E-state index in [2.05, 4.69) is 10.3 Å². The molecule has 0 aliphatic carbocycles. The van der Waals surface area contributed by atoms with E-state index in [9.17, 15) is 14.0 Å². The van der Waals surface area contributed by atoms with E-state index >= 15 is 0 Å². The number of benzene rings is 3. The van der Waals surface area contributed by atoms with Crippen LogP contribution in [-0.4, -0.2) is 23.5 Å². The fourth-order valence-corrected chi connectivity index (χ4v) is 3.44. The van der Waals surface area contributed by atoms with E-state index in [1.165, 1.54) is 18.2 Å². The molecule has 8 heteroatoms. The Morgan fingerprint density at radius 3 is 2.50 bits per heavy atom. The standard InChI is InChI=1S/C24H15Cl2FN2O3/c25-15-7-10-19(26)22(11-15)29-23(30)13-32-24(31)18-12-21(14-5-8-16(27)9-6-14)28-20-4-2-1-3-17(18)20/h1-12H,13H2,(H,29,30). The lowest BCUT2D eigenvalue weighted by Crippen LogP contribution is -2.21. The zero-order chi connectivity index (χ0) is 22.7. The van der Waals surface area contributed by atoms with Crippen molar-refractivity contribution >= 4 is 51.7 Å². The quantitative estimate of drug-likeness (QED) is 0.357. The molecule has 0 radical (unpaired) electrons. The Morgan fingerprint density at radius 1 is 0.969 bits per heavy atom. The van der Waals surface area contributed by atoms with Gasteiger partial charge in [-0.15, -0.1) is 0 Å². The van der Waals surface area contributed by atoms with Crippen LogP contribution in [0.5, 0.6) is 0 Å². The Kier molecular flexibility index (Phi) is 6.35. The molecule has 0 aliphatic heterocycles. The Balaban J connectivity index is 1.56. The van der Waals surface area contributed by atoms with E-state index in [0.29, 0.717) is 37.9 Å². The second-order valence-electron chi connectivity index (χ2n) is 6.83. The topological polar surface area (TPSA) is 68.3 Å². The van der Waals surface area contributed by atoms with Crippen LogP contribution in [0.3, 0.4) is 0 Å². The third-order valence-corrected chi connectivity index (χ3v) is 5.18. The van der Waals surface area contributed by atoms with Gasteiger partial charge in [-0.25, -0.2) is 14.2 Å². The molecule has 1 amide bonds. The normalized spacial score (nSPS) is 10.7. The number of para-hydroxylation sites is 1. The molecule has 0 saturated heterocycles. The number of nitrogens with zero attached hydrogens (tertiary/aromatic N) is 1. The number of pyridine rings is 1. The van der Waals surface area contributed by atoms with Gasteiger partial charge < -0.3 is 10.1 Å². The van der Waals surface area contributed by atoms with E-state index in [0.717, 1.165) is 0 Å². The maximum atomic E-state index is 13.3. The van der Waals surface area contributed by atoms with Crippen LogP contribution in [0.1, 0.15) is 10.4 Å². The van der Waals surface area contributed by atoms with Gasteiger partial charge >= 0.3 is 5.97 Å². The summed E-state index contributed by atoms with van der Waals surface area (Å²) in [7, 11) is 0. The number of anilines is 1. The van der Waals surface area contributed by atoms with Gasteiger partial charge in [0.2, 0.25) is 0 Å². The summed E-state index contributed by atoms with van der Waals surface area (Å²) < 4.78 is 18.5. The number of hydrogen-bond donors (Lipinski definition) is 1. The summed E-state index contributed by atoms with van der Waals surface area (Å²) in [5.74, 6) is -1.64. The molecule has 3 aromatic carbocycles. The summed E-state index contributed by atoms with van der Waals surface area (Å²) in [5, 5.41) is 3.83. The lowest BCUT2D eigenvalue weighted by molar-refractivity contribution is -0.119. The van der Waals surface area contributed by atoms with Gasteiger partial charge in [-0.05, 0) is 54.6 Å². The minimum atomic E-state index is -0.695. The first-order valence-corrected chi connectivity index (χ1v) is 10.2. The molecule has 0 bridgehead atoms. The monoisotopic (exact) mass is 468 g/mol. The molecule has 0 atom stereocenters. The second kappa shape index (κ2) is 9.34. The maximum Gasteiger partial charge on any atom is 0.339 e. The van der Waals surface area contributed by atoms with Gasteiger partial charge in [-0.1, -0.05) is 41.4 Å². The van der Waals surface area contributed by atoms with Crippen LogP contribution in [0.2, 0.25) is 10.0 Å². The van der Waals surface area contributed by atoms with E-state index in [-0.39, 0.29) is 11.4 Å². The summed E-state index contributed by atoms with van der Waals surface area (Å²) in [6.45, 7) is -0.524. The summed E-state index contributed by atoms with van der Waals surface area (Å²) in [6.07, 6.45) is 0. The maximum absolute atomic E-state index is 13.3. The Morgan fingerprint density at radius 2 is 1.72 bits per heavy atom. The highest BCUT2D eigenvalue weighted by Gasteiger charge is 2.17. The molecule has 0 spiro atoms. The first kappa shape index (κ1) is 21.7. The van der Waals surface area contributed by atoms with Crippen LogP contribution in [0.4, 0.5) is 10.1 Å². The highest BCUT2D eigenvalue weighted by molar-refractivity contribution is 6.35. The van der Waals surface area contributed by atoms with Crippen molar-refractivity contribution in [3.63, 3.8) is 0 Å². The predicted octanol–water partition coefficient (Wildman–Crippen LogP) is 6.14. The van der Waals surface area contributed by atoms with Crippen LogP contribution in [-0.2, 0) is 9.53 Å². The summed E-state index contributed by atoms with van der Waals surface area (Å²) in [5.41, 5.74) is 2.23. The minimum absolute atomic E-state index is 0.239. The van der Waals surface area contributed by atoms with Gasteiger partial charge in [0.05, 0.1) is 27.5 Å². The minimum Gasteiger partial charge on any atom is -0.452 e. The third kappa shape index (κ3) is 4.88. The highest BCUT2D eigenvalue weighted by atomic mass is 35.5. The lowest BCUT2D eigenvalue weighted by Gasteiger charge is -2.11. The van der Waals surface area contributed by atoms with E-state index in [1.54, 1.807) is 54.6 Å². The van der Waals surface area contributed by atoms with Crippen molar-refractivity contribution in [2.75, 3.05) is 11.9 Å². The summed E-state index contributed by atoms with van der Waals surface area (Å²) in [6, 6.07) is 19.0. The van der Waals surface area contributed by atoms with Crippen LogP contribution in [0.15, 0.2) is 72.8 Å². The van der Waals surface area contributed by atoms with Gasteiger partial charge in [0.15, 0.2) is 6.61 Å². The molecular formula is C24H15Cl2FN2O3. The van der Waals surface area contributed by atoms with Gasteiger partial charge in [0.25, 0.3) is 5.91 Å². The number of carbonyl (C=O) groups is 2. The molecule has 0 aliphatic rings. The van der Waals surface area contributed by atoms with Crippen molar-refractivity contribution in [3.05, 3.63) is 94.2 Å². The average molecular weight is 469 g/mol. The number of amides is 1. The van der Waals surface area contributed by atoms with Crippen molar-refractivity contribution in [2.24, 2.45) is 0 Å². The summed E-state index contributed by atoms with van der Waals surface area (Å²) >= 11 is 12.0. The summed E-state index contributed by atoms with van der Waals surface area (Å²) in [4.78, 5) is 29.6. The lowest BCUT2D eigenvalue weighted by atomic mass is 10.0. The van der Waals surface area contributed by atoms with E-state index < -0.39 is 18.5 Å². The molecule has 1 heterocycles. The zero-order valence-electron chi connectivity index (χ0n) is 16.4. The van der Waals surface area contributed by atoms with E-state index in [1.807, 2.05) is 0 Å². The van der Waals surface area contributed by atoms with Crippen LogP contribution in [0, 0.1) is 5.82 Å². The Labute approximate surface area is 192 Å². The highest BCUT2D eigenvalue weighted by Crippen LogP contribution is 2.27. The van der Waals surface area contributed by atoms with Crippen molar-refractivity contribution < 1.29 is 18.7 Å². The van der Waals surface area contributed by atoms with Crippen molar-refractivity contribution in [1.29, 1.82) is 0 Å². The molecular weight excluding hydrogens is 454 g/mol. The number of fused-ring (bicyclic) bond motifs is 1. The number of aromatic nitrogens is 1. The zero-order valence-corrected chi connectivity index (χ0v) is 18.0. The first-order chi connectivity index (χ1) is 15.4. The Hall–Kier alpha value is -3.48. The third-order valence-electron chi connectivity index (χ3n) is 4.61. The SMILES string of the molecule is O=C(COC(=O)c1cc(-c2ccc(F)cc2)nc2ccccc12)Nc1cc(Cl)ccc1Cl. The molecule has 0 fully saturated rings. The van der Waals surface area contributed by atoms with Crippen LogP contribution >= 0.6 is 23.2 Å². The average Bonchev–Trinajstić information content (AvgIpc) is 2.79. The number of ether oxygens (including phenoxy) is 1. The van der Waals surface area contributed by atoms with Crippen molar-refractivity contribution in [1.82, 2.24) is 4.98 Å². The van der Waals surface area contributed by atoms with Crippen LogP contribution in [0.25, 0.3) is 22.2 Å². The number of nitrogens with one attached hydrogen (secondary N) is 1. The van der Waals surface area contributed by atoms with Crippen molar-refractivity contribution in [3.8, 4) is 11.3 Å². The molecule has 0 saturated carbocycles. The molecule has 4 aromatic rings. The number of esters is 1. The van der Waals surface area contributed by atoms with Crippen LogP contribution < -0.4 is 5.32 Å². The molecule has 5 nitrogen and oxygen atoms in total. The fraction of sp³-hybridized carbons (Fsp3) is 0.0417. The van der Waals surface area contributed by atoms with Gasteiger partial charge in [0, 0.05) is 16.0 Å². The molecule has 4 rings (SSSR count). The number of halogens is 3. The van der Waals surface area contributed by atoms with E-state index in [4.69, 9.17) is 27.9 Å². The molecule has 1 N–H and O–H groups in total. The number of hydrogen-bond acceptors (Lipinski definition) is 4. The number of rotatable bonds is 5.